The summed E-state index contributed by atoms with van der Waals surface area (Å²) in [5.41, 5.74) is 8.53. The smallest absolute Gasteiger partial charge is 0.261 e. The predicted octanol–water partition coefficient (Wildman–Crippen LogP) is 2.94. The lowest BCUT2D eigenvalue weighted by molar-refractivity contribution is 0.601. The molecule has 5 heteroatoms. The van der Waals surface area contributed by atoms with Crippen LogP contribution >= 0.6 is 0 Å². The van der Waals surface area contributed by atoms with Gasteiger partial charge in [-0.2, -0.15) is 0 Å². The van der Waals surface area contributed by atoms with E-state index in [2.05, 4.69) is 4.72 Å². The Morgan fingerprint density at radius 1 is 1.15 bits per heavy atom. The predicted molar refractivity (Wildman–Crippen MR) is 82.2 cm³/mol. The van der Waals surface area contributed by atoms with Crippen LogP contribution in [0.25, 0.3) is 0 Å². The molecule has 3 N–H and O–H groups in total. The molecule has 0 saturated carbocycles. The summed E-state index contributed by atoms with van der Waals surface area (Å²) >= 11 is 0. The molecule has 2 aromatic rings. The maximum atomic E-state index is 12.4. The zero-order valence-corrected chi connectivity index (χ0v) is 12.4. The number of benzene rings is 2. The lowest BCUT2D eigenvalue weighted by Crippen LogP contribution is -2.14. The Morgan fingerprint density at radius 2 is 1.85 bits per heavy atom. The van der Waals surface area contributed by atoms with E-state index in [1.54, 1.807) is 18.2 Å². The molecule has 0 atom stereocenters. The summed E-state index contributed by atoms with van der Waals surface area (Å²) in [5.74, 6) is 0. The average molecular weight is 290 g/mol. The van der Waals surface area contributed by atoms with Gasteiger partial charge in [-0.05, 0) is 48.7 Å². The van der Waals surface area contributed by atoms with Crippen LogP contribution in [0.15, 0.2) is 47.4 Å². The first kappa shape index (κ1) is 14.4. The molecule has 0 aliphatic carbocycles. The molecule has 0 saturated heterocycles. The number of aryl methyl sites for hydroxylation is 2. The SMILES string of the molecule is CCc1ccccc1NS(=O)(=O)c1cc(C)cc(N)c1. The quantitative estimate of drug-likeness (QED) is 0.850. The number of anilines is 2. The van der Waals surface area contributed by atoms with Gasteiger partial charge in [0.2, 0.25) is 0 Å². The highest BCUT2D eigenvalue weighted by molar-refractivity contribution is 7.92. The summed E-state index contributed by atoms with van der Waals surface area (Å²) in [5, 5.41) is 0. The molecule has 20 heavy (non-hydrogen) atoms. The molecule has 0 amide bonds. The van der Waals surface area contributed by atoms with Crippen LogP contribution in [0.3, 0.4) is 0 Å². The molecular weight excluding hydrogens is 272 g/mol. The van der Waals surface area contributed by atoms with Gasteiger partial charge in [0.05, 0.1) is 10.6 Å². The lowest BCUT2D eigenvalue weighted by atomic mass is 10.1. The molecule has 0 aromatic heterocycles. The Kier molecular flexibility index (Phi) is 3.99. The van der Waals surface area contributed by atoms with E-state index in [0.29, 0.717) is 11.4 Å². The van der Waals surface area contributed by atoms with E-state index >= 15 is 0 Å². The molecule has 0 spiro atoms. The topological polar surface area (TPSA) is 72.2 Å². The van der Waals surface area contributed by atoms with Crippen LogP contribution < -0.4 is 10.5 Å². The first-order valence-corrected chi connectivity index (χ1v) is 7.88. The van der Waals surface area contributed by atoms with E-state index in [-0.39, 0.29) is 4.90 Å². The molecule has 0 aliphatic heterocycles. The van der Waals surface area contributed by atoms with Crippen LogP contribution in [-0.4, -0.2) is 8.42 Å². The van der Waals surface area contributed by atoms with Crippen molar-refractivity contribution in [2.45, 2.75) is 25.2 Å². The van der Waals surface area contributed by atoms with Gasteiger partial charge in [-0.15, -0.1) is 0 Å². The molecule has 0 heterocycles. The Hall–Kier alpha value is -2.01. The highest BCUT2D eigenvalue weighted by atomic mass is 32.2. The van der Waals surface area contributed by atoms with E-state index in [9.17, 15) is 8.42 Å². The summed E-state index contributed by atoms with van der Waals surface area (Å²) in [7, 11) is -3.62. The van der Waals surface area contributed by atoms with E-state index in [0.717, 1.165) is 17.5 Å². The van der Waals surface area contributed by atoms with Crippen molar-refractivity contribution in [3.63, 3.8) is 0 Å². The fraction of sp³-hybridized carbons (Fsp3) is 0.200. The van der Waals surface area contributed by atoms with Crippen LogP contribution in [0.1, 0.15) is 18.1 Å². The number of hydrogen-bond donors (Lipinski definition) is 2. The third kappa shape index (κ3) is 3.11. The number of hydrogen-bond acceptors (Lipinski definition) is 3. The molecule has 0 unspecified atom stereocenters. The molecule has 0 aliphatic rings. The number of rotatable bonds is 4. The first-order chi connectivity index (χ1) is 9.42. The first-order valence-electron chi connectivity index (χ1n) is 6.40. The normalized spacial score (nSPS) is 11.3. The van der Waals surface area contributed by atoms with Gasteiger partial charge >= 0.3 is 0 Å². The number of para-hydroxylation sites is 1. The van der Waals surface area contributed by atoms with Gasteiger partial charge in [-0.25, -0.2) is 8.42 Å². The number of nitrogens with one attached hydrogen (secondary N) is 1. The van der Waals surface area contributed by atoms with Crippen molar-refractivity contribution < 1.29 is 8.42 Å². The Morgan fingerprint density at radius 3 is 2.50 bits per heavy atom. The molecule has 0 bridgehead atoms. The van der Waals surface area contributed by atoms with Gasteiger partial charge < -0.3 is 5.73 Å². The molecule has 4 nitrogen and oxygen atoms in total. The third-order valence-corrected chi connectivity index (χ3v) is 4.37. The van der Waals surface area contributed by atoms with Crippen molar-refractivity contribution in [1.29, 1.82) is 0 Å². The highest BCUT2D eigenvalue weighted by Gasteiger charge is 2.16. The van der Waals surface area contributed by atoms with Crippen molar-refractivity contribution in [1.82, 2.24) is 0 Å². The summed E-state index contributed by atoms with van der Waals surface area (Å²) in [6, 6.07) is 12.2. The van der Waals surface area contributed by atoms with Crippen molar-refractivity contribution >= 4 is 21.4 Å². The van der Waals surface area contributed by atoms with E-state index < -0.39 is 10.0 Å². The second-order valence-corrected chi connectivity index (χ2v) is 6.38. The molecule has 0 fully saturated rings. The molecule has 0 radical (unpaired) electrons. The molecular formula is C15H18N2O2S. The standard InChI is InChI=1S/C15H18N2O2S/c1-3-12-6-4-5-7-15(12)17-20(18,19)14-9-11(2)8-13(16)10-14/h4-10,17H,3,16H2,1-2H3. The Labute approximate surface area is 119 Å². The summed E-state index contributed by atoms with van der Waals surface area (Å²) in [6.45, 7) is 3.80. The van der Waals surface area contributed by atoms with E-state index in [1.807, 2.05) is 32.0 Å². The average Bonchev–Trinajstić information content (AvgIpc) is 2.38. The fourth-order valence-electron chi connectivity index (χ4n) is 2.06. The maximum absolute atomic E-state index is 12.4. The summed E-state index contributed by atoms with van der Waals surface area (Å²) in [4.78, 5) is 0.181. The van der Waals surface area contributed by atoms with Crippen LogP contribution in [0, 0.1) is 6.92 Å². The largest absolute Gasteiger partial charge is 0.399 e. The second-order valence-electron chi connectivity index (χ2n) is 4.70. The minimum Gasteiger partial charge on any atom is -0.399 e. The van der Waals surface area contributed by atoms with Crippen LogP contribution in [0.2, 0.25) is 0 Å². The fourth-order valence-corrected chi connectivity index (χ4v) is 3.30. The van der Waals surface area contributed by atoms with Crippen LogP contribution in [0.4, 0.5) is 11.4 Å². The summed E-state index contributed by atoms with van der Waals surface area (Å²) < 4.78 is 27.4. The highest BCUT2D eigenvalue weighted by Crippen LogP contribution is 2.22. The van der Waals surface area contributed by atoms with Crippen LogP contribution in [-0.2, 0) is 16.4 Å². The van der Waals surface area contributed by atoms with Crippen molar-refractivity contribution in [3.8, 4) is 0 Å². The number of sulfonamides is 1. The van der Waals surface area contributed by atoms with Gasteiger partial charge in [-0.1, -0.05) is 25.1 Å². The minimum absolute atomic E-state index is 0.181. The molecule has 106 valence electrons. The van der Waals surface area contributed by atoms with Gasteiger partial charge in [0.15, 0.2) is 0 Å². The van der Waals surface area contributed by atoms with E-state index in [1.165, 1.54) is 6.07 Å². The monoisotopic (exact) mass is 290 g/mol. The molecule has 2 rings (SSSR count). The number of nitrogens with two attached hydrogens (primary N) is 1. The van der Waals surface area contributed by atoms with Gasteiger partial charge in [0, 0.05) is 5.69 Å². The van der Waals surface area contributed by atoms with Gasteiger partial charge in [0.25, 0.3) is 10.0 Å². The maximum Gasteiger partial charge on any atom is 0.261 e. The van der Waals surface area contributed by atoms with Gasteiger partial charge in [0.1, 0.15) is 0 Å². The zero-order valence-electron chi connectivity index (χ0n) is 11.6. The third-order valence-electron chi connectivity index (χ3n) is 3.03. The Balaban J connectivity index is 2.41. The second kappa shape index (κ2) is 5.54. The van der Waals surface area contributed by atoms with Crippen LogP contribution in [0.5, 0.6) is 0 Å². The van der Waals surface area contributed by atoms with Crippen molar-refractivity contribution in [3.05, 3.63) is 53.6 Å². The lowest BCUT2D eigenvalue weighted by Gasteiger charge is -2.12. The Bertz CT molecular complexity index is 704. The van der Waals surface area contributed by atoms with Crippen molar-refractivity contribution in [2.75, 3.05) is 10.5 Å². The molecule has 2 aromatic carbocycles. The van der Waals surface area contributed by atoms with Gasteiger partial charge in [-0.3, -0.25) is 4.72 Å². The summed E-state index contributed by atoms with van der Waals surface area (Å²) in [6.07, 6.45) is 0.759. The number of nitrogen functional groups attached to an aromatic ring is 1. The van der Waals surface area contributed by atoms with Crippen molar-refractivity contribution in [2.24, 2.45) is 0 Å². The zero-order chi connectivity index (χ0) is 14.8. The minimum atomic E-state index is -3.62. The van der Waals surface area contributed by atoms with E-state index in [4.69, 9.17) is 5.73 Å².